The molecule has 0 amide bonds. The molecular formula is C57H96O6. The second-order valence-corrected chi connectivity index (χ2v) is 24.6. The molecular weight excluding hydrogens is 781 g/mol. The monoisotopic (exact) mass is 877 g/mol. The Morgan fingerprint density at radius 3 is 0.683 bits per heavy atom. The average molecular weight is 877 g/mol. The topological polar surface area (TPSA) is 55.4 Å². The van der Waals surface area contributed by atoms with Crippen molar-refractivity contribution in [1.29, 1.82) is 0 Å². The number of hydrogen-bond acceptors (Lipinski definition) is 6. The predicted octanol–water partition coefficient (Wildman–Crippen LogP) is 12.8. The van der Waals surface area contributed by atoms with Crippen molar-refractivity contribution in [3.63, 3.8) is 0 Å². The highest BCUT2D eigenvalue weighted by atomic mass is 16.5. The normalized spacial score (nSPS) is 52.9. The summed E-state index contributed by atoms with van der Waals surface area (Å²) < 4.78 is 36.4. The van der Waals surface area contributed by atoms with Crippen LogP contribution in [-0.2, 0) is 28.4 Å². The summed E-state index contributed by atoms with van der Waals surface area (Å²) in [5.41, 5.74) is 0. The van der Waals surface area contributed by atoms with Crippen molar-refractivity contribution < 1.29 is 28.4 Å². The molecule has 360 valence electrons. The number of methoxy groups -OCH3 is 6. The largest absolute Gasteiger partial charge is 0.378 e. The zero-order valence-electron chi connectivity index (χ0n) is 41.4. The van der Waals surface area contributed by atoms with Gasteiger partial charge in [0.25, 0.3) is 0 Å². The molecule has 12 saturated carbocycles. The minimum atomic E-state index is 0.362. The lowest BCUT2D eigenvalue weighted by Crippen LogP contribution is -2.58. The first kappa shape index (κ1) is 46.5. The highest BCUT2D eigenvalue weighted by Gasteiger charge is 2.60. The summed E-state index contributed by atoms with van der Waals surface area (Å²) in [5, 5.41) is 0. The first-order valence-corrected chi connectivity index (χ1v) is 28.2. The van der Waals surface area contributed by atoms with Gasteiger partial charge in [0.15, 0.2) is 0 Å². The van der Waals surface area contributed by atoms with Gasteiger partial charge < -0.3 is 28.4 Å². The molecule has 24 unspecified atom stereocenters. The number of rotatable bonds is 6. The van der Waals surface area contributed by atoms with Crippen LogP contribution in [0.4, 0.5) is 0 Å². The molecule has 0 radical (unpaired) electrons. The summed E-state index contributed by atoms with van der Waals surface area (Å²) in [5.74, 6) is 16.1. The Bertz CT molecular complexity index is 1250. The van der Waals surface area contributed by atoms with Gasteiger partial charge in [-0.15, -0.1) is 0 Å². The van der Waals surface area contributed by atoms with Gasteiger partial charge in [-0.1, -0.05) is 77.0 Å². The molecule has 6 nitrogen and oxygen atoms in total. The average Bonchev–Trinajstić information content (AvgIpc) is 4.15. The van der Waals surface area contributed by atoms with E-state index in [9.17, 15) is 0 Å². The van der Waals surface area contributed by atoms with Gasteiger partial charge in [0, 0.05) is 42.7 Å². The van der Waals surface area contributed by atoms with Crippen molar-refractivity contribution in [3.8, 4) is 0 Å². The Morgan fingerprint density at radius 1 is 0.190 bits per heavy atom. The summed E-state index contributed by atoms with van der Waals surface area (Å²) in [6.07, 6.45) is 41.4. The number of ether oxygens (including phenoxy) is 6. The van der Waals surface area contributed by atoms with E-state index in [1.807, 2.05) is 42.7 Å². The maximum atomic E-state index is 6.10. The van der Waals surface area contributed by atoms with Crippen LogP contribution >= 0.6 is 0 Å². The highest BCUT2D eigenvalue weighted by Crippen LogP contribution is 2.62. The van der Waals surface area contributed by atoms with Crippen LogP contribution < -0.4 is 0 Å². The second kappa shape index (κ2) is 20.8. The van der Waals surface area contributed by atoms with E-state index in [1.165, 1.54) is 173 Å². The first-order chi connectivity index (χ1) is 31.0. The van der Waals surface area contributed by atoms with E-state index in [1.54, 1.807) is 0 Å². The van der Waals surface area contributed by atoms with Gasteiger partial charge in [-0.2, -0.15) is 0 Å². The lowest BCUT2D eigenvalue weighted by molar-refractivity contribution is -0.188. The Kier molecular flexibility index (Phi) is 15.3. The Balaban J connectivity index is 0.000000112. The molecule has 24 atom stereocenters. The SMILES string of the molecule is COC1C2CCCCC2C2CCC3CCCC3C2C1OC.COC1C2CCCCC2C2CCC3CCCC3C2C1OC.COC1C2CCCCC2C2CCC3CCCC3C2C1OC. The van der Waals surface area contributed by atoms with Gasteiger partial charge in [0.2, 0.25) is 0 Å². The third kappa shape index (κ3) is 8.43. The molecule has 6 heteroatoms. The highest BCUT2D eigenvalue weighted by molar-refractivity contribution is 5.09. The van der Waals surface area contributed by atoms with E-state index >= 15 is 0 Å². The molecule has 12 aliphatic carbocycles. The maximum Gasteiger partial charge on any atom is 0.0869 e. The quantitative estimate of drug-likeness (QED) is 0.265. The Hall–Kier alpha value is -0.240. The fourth-order valence-corrected chi connectivity index (χ4v) is 21.1. The summed E-state index contributed by atoms with van der Waals surface area (Å²) in [6, 6.07) is 0. The van der Waals surface area contributed by atoms with Crippen LogP contribution in [-0.4, -0.2) is 79.3 Å². The van der Waals surface area contributed by atoms with Crippen LogP contribution in [0, 0.1) is 107 Å². The molecule has 0 aromatic carbocycles. The summed E-state index contributed by atoms with van der Waals surface area (Å²) >= 11 is 0. The summed E-state index contributed by atoms with van der Waals surface area (Å²) in [6.45, 7) is 0. The summed E-state index contributed by atoms with van der Waals surface area (Å²) in [7, 11) is 11.6. The molecule has 0 bridgehead atoms. The number of fused-ring (bicyclic) bond motifs is 15. The van der Waals surface area contributed by atoms with E-state index < -0.39 is 0 Å². The van der Waals surface area contributed by atoms with E-state index in [-0.39, 0.29) is 0 Å². The van der Waals surface area contributed by atoms with Crippen molar-refractivity contribution in [2.24, 2.45) is 107 Å². The Labute approximate surface area is 386 Å². The van der Waals surface area contributed by atoms with Crippen molar-refractivity contribution in [1.82, 2.24) is 0 Å². The first-order valence-electron chi connectivity index (χ1n) is 28.2. The van der Waals surface area contributed by atoms with Gasteiger partial charge in [-0.25, -0.2) is 0 Å². The lowest BCUT2D eigenvalue weighted by atomic mass is 9.52. The second-order valence-electron chi connectivity index (χ2n) is 24.6. The number of hydrogen-bond donors (Lipinski definition) is 0. The van der Waals surface area contributed by atoms with Gasteiger partial charge >= 0.3 is 0 Å². The van der Waals surface area contributed by atoms with Gasteiger partial charge in [-0.05, 0) is 203 Å². The van der Waals surface area contributed by atoms with Crippen LogP contribution in [0.15, 0.2) is 0 Å². The van der Waals surface area contributed by atoms with Crippen molar-refractivity contribution in [3.05, 3.63) is 0 Å². The van der Waals surface area contributed by atoms with Crippen LogP contribution in [0.5, 0.6) is 0 Å². The van der Waals surface area contributed by atoms with Gasteiger partial charge in [0.1, 0.15) is 0 Å². The molecule has 0 N–H and O–H groups in total. The van der Waals surface area contributed by atoms with Crippen molar-refractivity contribution in [2.75, 3.05) is 42.7 Å². The van der Waals surface area contributed by atoms with E-state index in [0.717, 1.165) is 107 Å². The molecule has 0 spiro atoms. The fourth-order valence-electron chi connectivity index (χ4n) is 21.1. The van der Waals surface area contributed by atoms with Crippen LogP contribution in [0.3, 0.4) is 0 Å². The molecule has 0 heterocycles. The standard InChI is InChI=1S/3C19H32O2/c3*1-20-18-16-8-4-3-7-14(16)15-11-10-12-6-5-9-13(12)17(15)19(18)21-2/h3*12-19H,3-11H2,1-2H3. The van der Waals surface area contributed by atoms with Crippen LogP contribution in [0.25, 0.3) is 0 Å². The van der Waals surface area contributed by atoms with Crippen molar-refractivity contribution >= 4 is 0 Å². The zero-order valence-corrected chi connectivity index (χ0v) is 41.4. The smallest absolute Gasteiger partial charge is 0.0869 e. The molecule has 12 rings (SSSR count). The van der Waals surface area contributed by atoms with Gasteiger partial charge in [0.05, 0.1) is 36.6 Å². The minimum Gasteiger partial charge on any atom is -0.378 e. The lowest BCUT2D eigenvalue weighted by Gasteiger charge is -2.57. The molecule has 0 aromatic heterocycles. The molecule has 0 saturated heterocycles. The predicted molar refractivity (Wildman–Crippen MR) is 252 cm³/mol. The fraction of sp³-hybridized carbons (Fsp3) is 1.00. The molecule has 12 aliphatic rings. The van der Waals surface area contributed by atoms with Gasteiger partial charge in [-0.3, -0.25) is 0 Å². The minimum absolute atomic E-state index is 0.362. The van der Waals surface area contributed by atoms with E-state index in [2.05, 4.69) is 0 Å². The van der Waals surface area contributed by atoms with Crippen LogP contribution in [0.1, 0.15) is 173 Å². The summed E-state index contributed by atoms with van der Waals surface area (Å²) in [4.78, 5) is 0. The Morgan fingerprint density at radius 2 is 0.429 bits per heavy atom. The zero-order chi connectivity index (χ0) is 43.2. The molecule has 0 aliphatic heterocycles. The molecule has 12 fully saturated rings. The van der Waals surface area contributed by atoms with Crippen LogP contribution in [0.2, 0.25) is 0 Å². The van der Waals surface area contributed by atoms with E-state index in [4.69, 9.17) is 28.4 Å². The molecule has 63 heavy (non-hydrogen) atoms. The third-order valence-electron chi connectivity index (χ3n) is 23.0. The third-order valence-corrected chi connectivity index (χ3v) is 23.0. The van der Waals surface area contributed by atoms with E-state index in [0.29, 0.717) is 36.6 Å². The van der Waals surface area contributed by atoms with Crippen molar-refractivity contribution in [2.45, 2.75) is 210 Å². The maximum absolute atomic E-state index is 6.10. The molecule has 0 aromatic rings.